The first kappa shape index (κ1) is 13.1. The third-order valence-corrected chi connectivity index (χ3v) is 3.25. The number of hydrogen-bond acceptors (Lipinski definition) is 3. The molecule has 4 heteroatoms. The maximum atomic E-state index is 11.9. The maximum Gasteiger partial charge on any atom is 0.251 e. The molecular formula is C14H20N2O2. The highest BCUT2D eigenvalue weighted by atomic mass is 16.5. The molecule has 1 aliphatic carbocycles. The van der Waals surface area contributed by atoms with Crippen LogP contribution < -0.4 is 11.1 Å². The first-order valence-corrected chi connectivity index (χ1v) is 6.32. The van der Waals surface area contributed by atoms with Crippen molar-refractivity contribution in [2.24, 2.45) is 11.7 Å². The molecule has 2 rings (SSSR count). The van der Waals surface area contributed by atoms with Gasteiger partial charge in [0.25, 0.3) is 5.91 Å². The van der Waals surface area contributed by atoms with Gasteiger partial charge in [-0.1, -0.05) is 12.1 Å². The van der Waals surface area contributed by atoms with Crippen LogP contribution in [-0.2, 0) is 11.3 Å². The molecule has 4 nitrogen and oxygen atoms in total. The van der Waals surface area contributed by atoms with Gasteiger partial charge in [-0.25, -0.2) is 0 Å². The number of nitrogens with one attached hydrogen (secondary N) is 1. The fourth-order valence-electron chi connectivity index (χ4n) is 1.92. The van der Waals surface area contributed by atoms with Crippen molar-refractivity contribution in [1.82, 2.24) is 5.32 Å². The number of methoxy groups -OCH3 is 1. The summed E-state index contributed by atoms with van der Waals surface area (Å²) in [6.45, 7) is 1.12. The van der Waals surface area contributed by atoms with Gasteiger partial charge in [-0.3, -0.25) is 4.79 Å². The van der Waals surface area contributed by atoms with Crippen LogP contribution in [-0.4, -0.2) is 25.6 Å². The highest BCUT2D eigenvalue weighted by Crippen LogP contribution is 2.31. The van der Waals surface area contributed by atoms with Gasteiger partial charge < -0.3 is 15.8 Å². The van der Waals surface area contributed by atoms with Crippen molar-refractivity contribution in [3.05, 3.63) is 35.4 Å². The van der Waals surface area contributed by atoms with Gasteiger partial charge in [-0.15, -0.1) is 0 Å². The van der Waals surface area contributed by atoms with Gasteiger partial charge in [0.1, 0.15) is 0 Å². The second kappa shape index (κ2) is 5.98. The average Bonchev–Trinajstić information content (AvgIpc) is 3.21. The number of ether oxygens (including phenoxy) is 1. The molecule has 1 fully saturated rings. The molecule has 0 radical (unpaired) electrons. The zero-order chi connectivity index (χ0) is 13.0. The maximum absolute atomic E-state index is 11.9. The molecule has 0 heterocycles. The predicted molar refractivity (Wildman–Crippen MR) is 70.2 cm³/mol. The van der Waals surface area contributed by atoms with Crippen LogP contribution in [0.1, 0.15) is 28.8 Å². The number of carbonyl (C=O) groups excluding carboxylic acids is 1. The Hall–Kier alpha value is -1.39. The smallest absolute Gasteiger partial charge is 0.251 e. The van der Waals surface area contributed by atoms with E-state index in [1.807, 2.05) is 24.3 Å². The summed E-state index contributed by atoms with van der Waals surface area (Å²) in [5, 5.41) is 2.88. The number of hydrogen-bond donors (Lipinski definition) is 2. The molecule has 0 spiro atoms. The van der Waals surface area contributed by atoms with E-state index in [0.717, 1.165) is 5.56 Å². The molecule has 0 aromatic heterocycles. The summed E-state index contributed by atoms with van der Waals surface area (Å²) in [5.74, 6) is 0.546. The Labute approximate surface area is 108 Å². The fraction of sp³-hybridized carbons (Fsp3) is 0.500. The predicted octanol–water partition coefficient (Wildman–Crippen LogP) is 1.30. The van der Waals surface area contributed by atoms with E-state index in [4.69, 9.17) is 10.5 Å². The lowest BCUT2D eigenvalue weighted by Gasteiger charge is -2.11. The van der Waals surface area contributed by atoms with Crippen molar-refractivity contribution in [2.75, 3.05) is 13.7 Å². The number of nitrogens with two attached hydrogens (primary N) is 1. The Bertz CT molecular complexity index is 399. The van der Waals surface area contributed by atoms with E-state index in [9.17, 15) is 4.79 Å². The second-order valence-electron chi connectivity index (χ2n) is 4.84. The van der Waals surface area contributed by atoms with Crippen LogP contribution >= 0.6 is 0 Å². The Kier molecular flexibility index (Phi) is 4.33. The minimum absolute atomic E-state index is 0.0601. The normalized spacial score (nSPS) is 16.3. The minimum Gasteiger partial charge on any atom is -0.380 e. The quantitative estimate of drug-likeness (QED) is 0.797. The van der Waals surface area contributed by atoms with Gasteiger partial charge in [-0.05, 0) is 36.5 Å². The highest BCUT2D eigenvalue weighted by molar-refractivity contribution is 5.94. The summed E-state index contributed by atoms with van der Waals surface area (Å²) in [6.07, 6.45) is 2.39. The first-order valence-electron chi connectivity index (χ1n) is 6.32. The van der Waals surface area contributed by atoms with Crippen molar-refractivity contribution in [3.63, 3.8) is 0 Å². The average molecular weight is 248 g/mol. The molecule has 1 aliphatic rings. The van der Waals surface area contributed by atoms with Crippen LogP contribution in [0.15, 0.2) is 24.3 Å². The van der Waals surface area contributed by atoms with E-state index in [1.165, 1.54) is 12.8 Å². The lowest BCUT2D eigenvalue weighted by atomic mass is 10.1. The van der Waals surface area contributed by atoms with E-state index in [0.29, 0.717) is 24.6 Å². The van der Waals surface area contributed by atoms with Gasteiger partial charge in [0.05, 0.1) is 6.61 Å². The van der Waals surface area contributed by atoms with E-state index in [1.54, 1.807) is 7.11 Å². The van der Waals surface area contributed by atoms with Crippen molar-refractivity contribution in [1.29, 1.82) is 0 Å². The SMILES string of the molecule is COCc1ccc(C(=O)NCC(N)C2CC2)cc1. The Morgan fingerprint density at radius 3 is 2.67 bits per heavy atom. The van der Waals surface area contributed by atoms with Gasteiger partial charge in [0.15, 0.2) is 0 Å². The first-order chi connectivity index (χ1) is 8.70. The molecule has 3 N–H and O–H groups in total. The van der Waals surface area contributed by atoms with E-state index in [-0.39, 0.29) is 11.9 Å². The molecular weight excluding hydrogens is 228 g/mol. The monoisotopic (exact) mass is 248 g/mol. The highest BCUT2D eigenvalue weighted by Gasteiger charge is 2.28. The number of amides is 1. The lowest BCUT2D eigenvalue weighted by Crippen LogP contribution is -2.38. The second-order valence-corrected chi connectivity index (χ2v) is 4.84. The van der Waals surface area contributed by atoms with E-state index >= 15 is 0 Å². The number of rotatable bonds is 6. The van der Waals surface area contributed by atoms with Crippen molar-refractivity contribution in [2.45, 2.75) is 25.5 Å². The van der Waals surface area contributed by atoms with Crippen LogP contribution in [0.2, 0.25) is 0 Å². The van der Waals surface area contributed by atoms with Crippen LogP contribution in [0.4, 0.5) is 0 Å². The van der Waals surface area contributed by atoms with Gasteiger partial charge >= 0.3 is 0 Å². The largest absolute Gasteiger partial charge is 0.380 e. The molecule has 0 aliphatic heterocycles. The molecule has 0 bridgehead atoms. The summed E-state index contributed by atoms with van der Waals surface area (Å²) >= 11 is 0. The van der Waals surface area contributed by atoms with Crippen LogP contribution in [0.3, 0.4) is 0 Å². The van der Waals surface area contributed by atoms with E-state index in [2.05, 4.69) is 5.32 Å². The van der Waals surface area contributed by atoms with Crippen molar-refractivity contribution in [3.8, 4) is 0 Å². The van der Waals surface area contributed by atoms with Gasteiger partial charge in [0, 0.05) is 25.3 Å². The fourth-order valence-corrected chi connectivity index (χ4v) is 1.92. The zero-order valence-electron chi connectivity index (χ0n) is 10.7. The van der Waals surface area contributed by atoms with Crippen LogP contribution in [0.25, 0.3) is 0 Å². The summed E-state index contributed by atoms with van der Waals surface area (Å²) < 4.78 is 5.02. The van der Waals surface area contributed by atoms with Crippen LogP contribution in [0, 0.1) is 5.92 Å². The number of carbonyl (C=O) groups is 1. The molecule has 1 aromatic rings. The summed E-state index contributed by atoms with van der Waals surface area (Å²) in [5.41, 5.74) is 7.66. The Morgan fingerprint density at radius 1 is 1.44 bits per heavy atom. The third-order valence-electron chi connectivity index (χ3n) is 3.25. The molecule has 1 amide bonds. The lowest BCUT2D eigenvalue weighted by molar-refractivity contribution is 0.0950. The molecule has 1 aromatic carbocycles. The molecule has 18 heavy (non-hydrogen) atoms. The van der Waals surface area contributed by atoms with Gasteiger partial charge in [-0.2, -0.15) is 0 Å². The third kappa shape index (κ3) is 3.55. The molecule has 0 saturated heterocycles. The molecule has 1 saturated carbocycles. The van der Waals surface area contributed by atoms with Gasteiger partial charge in [0.2, 0.25) is 0 Å². The topological polar surface area (TPSA) is 64.3 Å². The van der Waals surface area contributed by atoms with Crippen LogP contribution in [0.5, 0.6) is 0 Å². The molecule has 1 atom stereocenters. The summed E-state index contributed by atoms with van der Waals surface area (Å²) in [7, 11) is 1.65. The Morgan fingerprint density at radius 2 is 2.11 bits per heavy atom. The zero-order valence-corrected chi connectivity index (χ0v) is 10.7. The molecule has 98 valence electrons. The Balaban J connectivity index is 1.83. The minimum atomic E-state index is -0.0601. The summed E-state index contributed by atoms with van der Waals surface area (Å²) in [4.78, 5) is 11.9. The molecule has 1 unspecified atom stereocenters. The van der Waals surface area contributed by atoms with E-state index < -0.39 is 0 Å². The summed E-state index contributed by atoms with van der Waals surface area (Å²) in [6, 6.07) is 7.53. The standard InChI is InChI=1S/C14H20N2O2/c1-18-9-10-2-4-12(5-3-10)14(17)16-8-13(15)11-6-7-11/h2-5,11,13H,6-9,15H2,1H3,(H,16,17). The number of benzene rings is 1. The van der Waals surface area contributed by atoms with Crippen molar-refractivity contribution >= 4 is 5.91 Å². The van der Waals surface area contributed by atoms with Crippen molar-refractivity contribution < 1.29 is 9.53 Å².